The number of likely N-dealkylation sites (N-methyl/N-ethyl adjacent to an activating group) is 1. The molecule has 0 saturated carbocycles. The van der Waals surface area contributed by atoms with Gasteiger partial charge >= 0.3 is 11.9 Å². The molecule has 8 nitrogen and oxygen atoms in total. The molecule has 1 aliphatic heterocycles. The summed E-state index contributed by atoms with van der Waals surface area (Å²) in [5, 5.41) is 2.83. The third-order valence-corrected chi connectivity index (χ3v) is 5.62. The molecule has 0 amide bonds. The van der Waals surface area contributed by atoms with Gasteiger partial charge in [0.25, 0.3) is 0 Å². The van der Waals surface area contributed by atoms with Gasteiger partial charge < -0.3 is 23.8 Å². The summed E-state index contributed by atoms with van der Waals surface area (Å²) in [4.78, 5) is 37.7. The summed E-state index contributed by atoms with van der Waals surface area (Å²) in [6.45, 7) is 3.24. The van der Waals surface area contributed by atoms with Gasteiger partial charge in [-0.25, -0.2) is 0 Å². The molecule has 0 fully saturated rings. The van der Waals surface area contributed by atoms with Crippen LogP contribution >= 0.6 is 0 Å². The van der Waals surface area contributed by atoms with E-state index >= 15 is 0 Å². The number of fused-ring (bicyclic) bond motifs is 2. The Morgan fingerprint density at radius 3 is 2.22 bits per heavy atom. The van der Waals surface area contributed by atoms with E-state index in [1.54, 1.807) is 18.2 Å². The van der Waals surface area contributed by atoms with Gasteiger partial charge in [0.2, 0.25) is 5.75 Å². The number of benzene rings is 3. The highest BCUT2D eigenvalue weighted by Crippen LogP contribution is 2.54. The van der Waals surface area contributed by atoms with Gasteiger partial charge in [-0.2, -0.15) is 0 Å². The molecule has 0 spiro atoms. The zero-order chi connectivity index (χ0) is 23.2. The first-order valence-corrected chi connectivity index (χ1v) is 10.1. The van der Waals surface area contributed by atoms with Gasteiger partial charge in [-0.15, -0.1) is 0 Å². The van der Waals surface area contributed by atoms with Crippen LogP contribution in [0.15, 0.2) is 18.2 Å². The molecule has 0 unspecified atom stereocenters. The fourth-order valence-corrected chi connectivity index (χ4v) is 4.48. The van der Waals surface area contributed by atoms with Crippen LogP contribution in [0.25, 0.3) is 21.5 Å². The molecule has 0 atom stereocenters. The van der Waals surface area contributed by atoms with Crippen LogP contribution in [-0.4, -0.2) is 46.0 Å². The first-order chi connectivity index (χ1) is 15.3. The van der Waals surface area contributed by atoms with Gasteiger partial charge in [-0.05, 0) is 35.4 Å². The van der Waals surface area contributed by atoms with E-state index in [9.17, 15) is 14.4 Å². The topological polar surface area (TPSA) is 91.4 Å². The van der Waals surface area contributed by atoms with Crippen LogP contribution < -0.4 is 23.8 Å². The highest BCUT2D eigenvalue weighted by atomic mass is 16.6. The van der Waals surface area contributed by atoms with Crippen LogP contribution in [0.5, 0.6) is 23.0 Å². The summed E-state index contributed by atoms with van der Waals surface area (Å²) in [5.41, 5.74) is 1.92. The van der Waals surface area contributed by atoms with Gasteiger partial charge in [-0.1, -0.05) is 0 Å². The molecule has 0 aromatic heterocycles. The van der Waals surface area contributed by atoms with E-state index in [2.05, 4.69) is 0 Å². The van der Waals surface area contributed by atoms with Crippen molar-refractivity contribution in [2.24, 2.45) is 0 Å². The van der Waals surface area contributed by atoms with Crippen molar-refractivity contribution in [1.29, 1.82) is 0 Å². The van der Waals surface area contributed by atoms with Crippen molar-refractivity contribution in [3.8, 4) is 23.0 Å². The lowest BCUT2D eigenvalue weighted by atomic mass is 9.87. The molecule has 1 aliphatic rings. The first-order valence-electron chi connectivity index (χ1n) is 10.1. The number of nitrogens with zero attached hydrogens (tertiary/aromatic N) is 1. The van der Waals surface area contributed by atoms with Gasteiger partial charge in [-0.3, -0.25) is 14.4 Å². The molecule has 32 heavy (non-hydrogen) atoms. The van der Waals surface area contributed by atoms with Crippen LogP contribution in [0.4, 0.5) is 5.69 Å². The van der Waals surface area contributed by atoms with Crippen LogP contribution in [0.3, 0.4) is 0 Å². The standard InChI is InChI=1S/C24H23NO7/c1-12(27)31-14-6-7-15-17(10-14)18(11-26)21-19-16(8-9-25(21)3)22(32-13(2)28)24(30-5)23(29-4)20(15)19/h6-7,10-11H,8-9H2,1-5H3. The molecule has 0 N–H and O–H groups in total. The lowest BCUT2D eigenvalue weighted by Crippen LogP contribution is -2.27. The summed E-state index contributed by atoms with van der Waals surface area (Å²) >= 11 is 0. The number of hydrogen-bond acceptors (Lipinski definition) is 8. The second kappa shape index (κ2) is 8.03. The maximum Gasteiger partial charge on any atom is 0.308 e. The number of esters is 2. The minimum absolute atomic E-state index is 0.298. The van der Waals surface area contributed by atoms with E-state index in [0.29, 0.717) is 52.6 Å². The lowest BCUT2D eigenvalue weighted by molar-refractivity contribution is -0.132. The summed E-state index contributed by atoms with van der Waals surface area (Å²) in [6.07, 6.45) is 1.38. The Bertz CT molecular complexity index is 1300. The zero-order valence-electron chi connectivity index (χ0n) is 18.5. The van der Waals surface area contributed by atoms with E-state index in [0.717, 1.165) is 28.0 Å². The predicted molar refractivity (Wildman–Crippen MR) is 120 cm³/mol. The molecule has 3 aromatic rings. The molecule has 0 radical (unpaired) electrons. The van der Waals surface area contributed by atoms with Crippen LogP contribution in [0.1, 0.15) is 29.8 Å². The number of carbonyl (C=O) groups is 3. The van der Waals surface area contributed by atoms with E-state index in [4.69, 9.17) is 18.9 Å². The third-order valence-electron chi connectivity index (χ3n) is 5.62. The molecule has 0 saturated heterocycles. The normalized spacial score (nSPS) is 12.6. The van der Waals surface area contributed by atoms with Crippen molar-refractivity contribution < 1.29 is 33.3 Å². The number of methoxy groups -OCH3 is 2. The van der Waals surface area contributed by atoms with E-state index in [1.165, 1.54) is 28.1 Å². The van der Waals surface area contributed by atoms with Gasteiger partial charge in [0.15, 0.2) is 17.8 Å². The number of rotatable bonds is 5. The molecular weight excluding hydrogens is 414 g/mol. The lowest BCUT2D eigenvalue weighted by Gasteiger charge is -2.32. The van der Waals surface area contributed by atoms with Crippen LogP contribution in [-0.2, 0) is 16.0 Å². The molecule has 4 rings (SSSR count). The number of aldehydes is 1. The maximum absolute atomic E-state index is 12.3. The van der Waals surface area contributed by atoms with Crippen LogP contribution in [0.2, 0.25) is 0 Å². The Kier molecular flexibility index (Phi) is 5.38. The smallest absolute Gasteiger partial charge is 0.308 e. The fraction of sp³-hybridized carbons (Fsp3) is 0.292. The van der Waals surface area contributed by atoms with E-state index in [1.807, 2.05) is 11.9 Å². The quantitative estimate of drug-likeness (QED) is 0.258. The Balaban J connectivity index is 2.27. The van der Waals surface area contributed by atoms with Crippen molar-refractivity contribution in [3.05, 3.63) is 29.3 Å². The van der Waals surface area contributed by atoms with Gasteiger partial charge in [0, 0.05) is 49.3 Å². The molecule has 1 heterocycles. The summed E-state index contributed by atoms with van der Waals surface area (Å²) in [7, 11) is 4.89. The van der Waals surface area contributed by atoms with Crippen molar-refractivity contribution in [2.75, 3.05) is 32.7 Å². The highest BCUT2D eigenvalue weighted by Gasteiger charge is 2.32. The second-order valence-corrected chi connectivity index (χ2v) is 7.57. The number of hydrogen-bond donors (Lipinski definition) is 0. The molecule has 0 bridgehead atoms. The SMILES string of the molecule is COc1c(OC(C)=O)c2c3c(c(C=O)c4cc(OC(C)=O)ccc4c3c1OC)N(C)CC2. The minimum atomic E-state index is -0.483. The molecule has 0 aliphatic carbocycles. The van der Waals surface area contributed by atoms with Crippen molar-refractivity contribution in [2.45, 2.75) is 20.3 Å². The second-order valence-electron chi connectivity index (χ2n) is 7.57. The summed E-state index contributed by atoms with van der Waals surface area (Å²) in [5.74, 6) is 0.395. The number of ether oxygens (including phenoxy) is 4. The highest BCUT2D eigenvalue weighted by molar-refractivity contribution is 6.24. The predicted octanol–water partition coefficient (Wildman–Crippen LogP) is 3.67. The largest absolute Gasteiger partial charge is 0.492 e. The van der Waals surface area contributed by atoms with Crippen LogP contribution in [0, 0.1) is 0 Å². The Hall–Kier alpha value is -3.81. The monoisotopic (exact) mass is 437 g/mol. The summed E-state index contributed by atoms with van der Waals surface area (Å²) < 4.78 is 22.2. The molecule has 8 heteroatoms. The Labute approximate surface area is 184 Å². The van der Waals surface area contributed by atoms with Gasteiger partial charge in [0.1, 0.15) is 5.75 Å². The van der Waals surface area contributed by atoms with Crippen molar-refractivity contribution >= 4 is 45.5 Å². The first kappa shape index (κ1) is 21.4. The molecular formula is C24H23NO7. The van der Waals surface area contributed by atoms with Gasteiger partial charge in [0.05, 0.1) is 19.9 Å². The van der Waals surface area contributed by atoms with Crippen molar-refractivity contribution in [1.82, 2.24) is 0 Å². The molecule has 166 valence electrons. The third kappa shape index (κ3) is 3.19. The molecule has 3 aromatic carbocycles. The minimum Gasteiger partial charge on any atom is -0.492 e. The van der Waals surface area contributed by atoms with Crippen molar-refractivity contribution in [3.63, 3.8) is 0 Å². The average molecular weight is 437 g/mol. The fourth-order valence-electron chi connectivity index (χ4n) is 4.48. The van der Waals surface area contributed by atoms with E-state index < -0.39 is 11.9 Å². The number of carbonyl (C=O) groups excluding carboxylic acids is 3. The maximum atomic E-state index is 12.3. The summed E-state index contributed by atoms with van der Waals surface area (Å²) in [6, 6.07) is 5.12. The van der Waals surface area contributed by atoms with E-state index in [-0.39, 0.29) is 0 Å². The zero-order valence-corrected chi connectivity index (χ0v) is 18.5. The Morgan fingerprint density at radius 1 is 0.938 bits per heavy atom. The Morgan fingerprint density at radius 2 is 1.62 bits per heavy atom. The average Bonchev–Trinajstić information content (AvgIpc) is 2.75. The number of anilines is 1.